The summed E-state index contributed by atoms with van der Waals surface area (Å²) in [6.45, 7) is 2.17. The largest absolute Gasteiger partial charge is 0.497 e. The topological polar surface area (TPSA) is 12.5 Å². The van der Waals surface area contributed by atoms with Crippen molar-refractivity contribution in [2.24, 2.45) is 0 Å². The van der Waals surface area contributed by atoms with Crippen LogP contribution in [0.4, 0.5) is 17.1 Å². The summed E-state index contributed by atoms with van der Waals surface area (Å²) in [5.74, 6) is 0.864. The molecule has 2 nitrogen and oxygen atoms in total. The van der Waals surface area contributed by atoms with Crippen LogP contribution in [-0.2, 0) is 6.42 Å². The highest BCUT2D eigenvalue weighted by Gasteiger charge is 2.11. The first-order chi connectivity index (χ1) is 11.3. The van der Waals surface area contributed by atoms with E-state index in [0.29, 0.717) is 0 Å². The highest BCUT2D eigenvalue weighted by Crippen LogP contribution is 2.35. The maximum absolute atomic E-state index is 5.27. The number of para-hydroxylation sites is 1. The van der Waals surface area contributed by atoms with E-state index in [4.69, 9.17) is 4.74 Å². The summed E-state index contributed by atoms with van der Waals surface area (Å²) in [4.78, 5) is 2.25. The average molecular weight is 303 g/mol. The minimum atomic E-state index is 0.864. The zero-order valence-corrected chi connectivity index (χ0v) is 13.6. The Morgan fingerprint density at radius 3 is 1.74 bits per heavy atom. The zero-order chi connectivity index (χ0) is 16.1. The number of benzene rings is 3. The molecule has 0 aliphatic heterocycles. The molecule has 2 heteroatoms. The fourth-order valence-electron chi connectivity index (χ4n) is 2.64. The van der Waals surface area contributed by atoms with E-state index in [2.05, 4.69) is 72.5 Å². The van der Waals surface area contributed by atoms with Crippen LogP contribution in [0.3, 0.4) is 0 Å². The van der Waals surface area contributed by atoms with Crippen LogP contribution in [0.15, 0.2) is 78.9 Å². The Balaban J connectivity index is 2.05. The van der Waals surface area contributed by atoms with Gasteiger partial charge in [0.05, 0.1) is 7.11 Å². The first kappa shape index (κ1) is 15.2. The fourth-order valence-corrected chi connectivity index (χ4v) is 2.64. The molecule has 23 heavy (non-hydrogen) atoms. The molecule has 0 aliphatic rings. The molecule has 0 saturated carbocycles. The van der Waals surface area contributed by atoms with Crippen LogP contribution in [0.5, 0.6) is 5.75 Å². The van der Waals surface area contributed by atoms with Crippen LogP contribution in [0, 0.1) is 0 Å². The van der Waals surface area contributed by atoms with Gasteiger partial charge >= 0.3 is 0 Å². The molecular weight excluding hydrogens is 282 g/mol. The number of aryl methyl sites for hydroxylation is 1. The molecule has 3 rings (SSSR count). The molecule has 0 bridgehead atoms. The van der Waals surface area contributed by atoms with Crippen molar-refractivity contribution in [3.05, 3.63) is 84.4 Å². The van der Waals surface area contributed by atoms with Crippen molar-refractivity contribution in [3.63, 3.8) is 0 Å². The van der Waals surface area contributed by atoms with E-state index < -0.39 is 0 Å². The molecule has 0 aliphatic carbocycles. The van der Waals surface area contributed by atoms with E-state index in [1.165, 1.54) is 5.56 Å². The van der Waals surface area contributed by atoms with Crippen molar-refractivity contribution in [3.8, 4) is 5.75 Å². The third-order valence-electron chi connectivity index (χ3n) is 3.95. The minimum absolute atomic E-state index is 0.864. The maximum Gasteiger partial charge on any atom is 0.119 e. The van der Waals surface area contributed by atoms with Gasteiger partial charge in [0.25, 0.3) is 0 Å². The Labute approximate surface area is 138 Å². The lowest BCUT2D eigenvalue weighted by Gasteiger charge is -2.25. The summed E-state index contributed by atoms with van der Waals surface area (Å²) in [7, 11) is 1.69. The van der Waals surface area contributed by atoms with Crippen molar-refractivity contribution >= 4 is 17.1 Å². The summed E-state index contributed by atoms with van der Waals surface area (Å²) in [5.41, 5.74) is 4.75. The van der Waals surface area contributed by atoms with Crippen LogP contribution in [0.2, 0.25) is 0 Å². The van der Waals surface area contributed by atoms with E-state index in [-0.39, 0.29) is 0 Å². The molecule has 0 spiro atoms. The Kier molecular flexibility index (Phi) is 4.62. The van der Waals surface area contributed by atoms with Gasteiger partial charge in [-0.2, -0.15) is 0 Å². The lowest BCUT2D eigenvalue weighted by molar-refractivity contribution is 0.415. The van der Waals surface area contributed by atoms with Gasteiger partial charge in [0, 0.05) is 17.1 Å². The van der Waals surface area contributed by atoms with Crippen LogP contribution < -0.4 is 9.64 Å². The third-order valence-corrected chi connectivity index (χ3v) is 3.95. The van der Waals surface area contributed by atoms with Gasteiger partial charge in [0.1, 0.15) is 5.75 Å². The predicted octanol–water partition coefficient (Wildman–Crippen LogP) is 5.73. The molecule has 0 heterocycles. The summed E-state index contributed by atoms with van der Waals surface area (Å²) in [6.07, 6.45) is 1.05. The van der Waals surface area contributed by atoms with Gasteiger partial charge in [0.2, 0.25) is 0 Å². The number of rotatable bonds is 5. The molecule has 0 radical (unpaired) electrons. The fraction of sp³-hybridized carbons (Fsp3) is 0.143. The quantitative estimate of drug-likeness (QED) is 0.597. The van der Waals surface area contributed by atoms with Crippen LogP contribution >= 0.6 is 0 Å². The number of anilines is 3. The molecular formula is C21H21NO. The SMILES string of the molecule is CCc1ccc(N(c2ccccc2)c2ccc(OC)cc2)cc1. The van der Waals surface area contributed by atoms with E-state index in [0.717, 1.165) is 29.2 Å². The summed E-state index contributed by atoms with van der Waals surface area (Å²) < 4.78 is 5.27. The second-order valence-corrected chi connectivity index (χ2v) is 5.39. The van der Waals surface area contributed by atoms with Gasteiger partial charge in [-0.15, -0.1) is 0 Å². The number of nitrogens with zero attached hydrogens (tertiary/aromatic N) is 1. The Bertz CT molecular complexity index is 686. The number of ether oxygens (including phenoxy) is 1. The highest BCUT2D eigenvalue weighted by atomic mass is 16.5. The van der Waals surface area contributed by atoms with Gasteiger partial charge in [0.15, 0.2) is 0 Å². The summed E-state index contributed by atoms with van der Waals surface area (Å²) in [6, 6.07) is 27.3. The van der Waals surface area contributed by atoms with Gasteiger partial charge < -0.3 is 9.64 Å². The monoisotopic (exact) mass is 303 g/mol. The minimum Gasteiger partial charge on any atom is -0.497 e. The van der Waals surface area contributed by atoms with Crippen molar-refractivity contribution in [1.82, 2.24) is 0 Å². The second kappa shape index (κ2) is 7.01. The van der Waals surface area contributed by atoms with Crippen LogP contribution in [0.25, 0.3) is 0 Å². The number of hydrogen-bond donors (Lipinski definition) is 0. The molecule has 0 saturated heterocycles. The number of hydrogen-bond acceptors (Lipinski definition) is 2. The van der Waals surface area contributed by atoms with E-state index in [1.54, 1.807) is 7.11 Å². The van der Waals surface area contributed by atoms with E-state index >= 15 is 0 Å². The standard InChI is InChI=1S/C21H21NO/c1-3-17-9-11-19(12-10-17)22(18-7-5-4-6-8-18)20-13-15-21(23-2)16-14-20/h4-16H,3H2,1-2H3. The van der Waals surface area contributed by atoms with E-state index in [9.17, 15) is 0 Å². The van der Waals surface area contributed by atoms with Crippen molar-refractivity contribution < 1.29 is 4.74 Å². The lowest BCUT2D eigenvalue weighted by atomic mass is 10.1. The first-order valence-corrected chi connectivity index (χ1v) is 7.90. The molecule has 0 atom stereocenters. The molecule has 0 aromatic heterocycles. The Morgan fingerprint density at radius 1 is 0.696 bits per heavy atom. The van der Waals surface area contributed by atoms with E-state index in [1.807, 2.05) is 18.2 Å². The van der Waals surface area contributed by atoms with Crippen molar-refractivity contribution in [2.45, 2.75) is 13.3 Å². The van der Waals surface area contributed by atoms with Gasteiger partial charge in [-0.3, -0.25) is 0 Å². The first-order valence-electron chi connectivity index (χ1n) is 7.90. The third kappa shape index (κ3) is 3.37. The zero-order valence-electron chi connectivity index (χ0n) is 13.6. The highest BCUT2D eigenvalue weighted by molar-refractivity contribution is 5.76. The second-order valence-electron chi connectivity index (χ2n) is 5.39. The predicted molar refractivity (Wildman–Crippen MR) is 97.1 cm³/mol. The Hall–Kier alpha value is -2.74. The molecule has 0 N–H and O–H groups in total. The molecule has 3 aromatic rings. The summed E-state index contributed by atoms with van der Waals surface area (Å²) in [5, 5.41) is 0. The molecule has 3 aromatic carbocycles. The van der Waals surface area contributed by atoms with Crippen molar-refractivity contribution in [2.75, 3.05) is 12.0 Å². The van der Waals surface area contributed by atoms with Crippen molar-refractivity contribution in [1.29, 1.82) is 0 Å². The Morgan fingerprint density at radius 2 is 1.22 bits per heavy atom. The molecule has 0 fully saturated rings. The normalized spacial score (nSPS) is 10.3. The molecule has 0 amide bonds. The van der Waals surface area contributed by atoms with Crippen LogP contribution in [0.1, 0.15) is 12.5 Å². The number of methoxy groups -OCH3 is 1. The van der Waals surface area contributed by atoms with Gasteiger partial charge in [-0.05, 0) is 60.5 Å². The molecule has 0 unspecified atom stereocenters. The summed E-state index contributed by atoms with van der Waals surface area (Å²) >= 11 is 0. The molecule has 116 valence electrons. The smallest absolute Gasteiger partial charge is 0.119 e. The van der Waals surface area contributed by atoms with Gasteiger partial charge in [-0.1, -0.05) is 37.3 Å². The lowest BCUT2D eigenvalue weighted by Crippen LogP contribution is -2.09. The average Bonchev–Trinajstić information content (AvgIpc) is 2.64. The van der Waals surface area contributed by atoms with Crippen LogP contribution in [-0.4, -0.2) is 7.11 Å². The maximum atomic E-state index is 5.27. The van der Waals surface area contributed by atoms with Gasteiger partial charge in [-0.25, -0.2) is 0 Å².